The Kier molecular flexibility index (Phi) is 2.29. The van der Waals surface area contributed by atoms with E-state index in [-0.39, 0.29) is 5.69 Å². The minimum atomic E-state index is -0.447. The second-order valence-electron chi connectivity index (χ2n) is 2.96. The van der Waals surface area contributed by atoms with Gasteiger partial charge in [0.15, 0.2) is 5.69 Å². The minimum absolute atomic E-state index is 0.283. The first-order valence-corrected chi connectivity index (χ1v) is 4.36. The van der Waals surface area contributed by atoms with Crippen molar-refractivity contribution >= 4 is 11.5 Å². The zero-order valence-electron chi connectivity index (χ0n) is 8.43. The van der Waals surface area contributed by atoms with Crippen molar-refractivity contribution in [2.24, 2.45) is 0 Å². The fourth-order valence-corrected chi connectivity index (χ4v) is 1.31. The molecular formula is C10H10N2O3. The third-order valence-corrected chi connectivity index (χ3v) is 2.06. The lowest BCUT2D eigenvalue weighted by atomic mass is 10.3. The molecule has 2 aromatic heterocycles. The number of ether oxygens (including phenoxy) is 2. The fourth-order valence-electron chi connectivity index (χ4n) is 1.31. The molecule has 0 N–H and O–H groups in total. The van der Waals surface area contributed by atoms with Crippen LogP contribution in [0.5, 0.6) is 5.75 Å². The van der Waals surface area contributed by atoms with E-state index in [2.05, 4.69) is 9.84 Å². The van der Waals surface area contributed by atoms with Gasteiger partial charge in [0.05, 0.1) is 19.7 Å². The van der Waals surface area contributed by atoms with E-state index in [1.54, 1.807) is 36.0 Å². The van der Waals surface area contributed by atoms with Gasteiger partial charge >= 0.3 is 5.97 Å². The Hall–Kier alpha value is -2.04. The van der Waals surface area contributed by atoms with E-state index in [0.29, 0.717) is 0 Å². The van der Waals surface area contributed by atoms with Crippen LogP contribution in [0.1, 0.15) is 10.5 Å². The highest BCUT2D eigenvalue weighted by Crippen LogP contribution is 2.15. The van der Waals surface area contributed by atoms with Gasteiger partial charge in [-0.2, -0.15) is 5.10 Å². The number of carbonyl (C=O) groups excluding carboxylic acids is 1. The van der Waals surface area contributed by atoms with E-state index in [9.17, 15) is 4.79 Å². The molecule has 0 atom stereocenters. The summed E-state index contributed by atoms with van der Waals surface area (Å²) in [6.45, 7) is 0. The Balaban J connectivity index is 2.51. The third-order valence-electron chi connectivity index (χ3n) is 2.06. The molecule has 0 bridgehead atoms. The normalized spacial score (nSPS) is 10.3. The summed E-state index contributed by atoms with van der Waals surface area (Å²) < 4.78 is 11.2. The fraction of sp³-hybridized carbons (Fsp3) is 0.200. The molecule has 2 heterocycles. The molecule has 0 aliphatic rings. The molecule has 2 rings (SSSR count). The highest BCUT2D eigenvalue weighted by atomic mass is 16.5. The maximum Gasteiger partial charge on any atom is 0.358 e. The molecule has 0 radical (unpaired) electrons. The van der Waals surface area contributed by atoms with Crippen molar-refractivity contribution in [2.45, 2.75) is 0 Å². The van der Waals surface area contributed by atoms with Gasteiger partial charge in [-0.15, -0.1) is 0 Å². The quantitative estimate of drug-likeness (QED) is 0.691. The van der Waals surface area contributed by atoms with Crippen LogP contribution in [-0.4, -0.2) is 29.8 Å². The zero-order chi connectivity index (χ0) is 10.8. The molecule has 15 heavy (non-hydrogen) atoms. The molecular weight excluding hydrogens is 196 g/mol. The van der Waals surface area contributed by atoms with Gasteiger partial charge in [0.1, 0.15) is 5.75 Å². The zero-order valence-corrected chi connectivity index (χ0v) is 8.43. The van der Waals surface area contributed by atoms with Crippen LogP contribution in [0.4, 0.5) is 0 Å². The van der Waals surface area contributed by atoms with E-state index in [4.69, 9.17) is 4.74 Å². The molecule has 0 saturated heterocycles. The second-order valence-corrected chi connectivity index (χ2v) is 2.96. The highest BCUT2D eigenvalue weighted by Gasteiger charge is 2.10. The Morgan fingerprint density at radius 2 is 2.20 bits per heavy atom. The number of hydrogen-bond acceptors (Lipinski definition) is 4. The SMILES string of the molecule is COC(=O)c1cc2cc(OC)ccn2n1. The number of fused-ring (bicyclic) bond motifs is 1. The van der Waals surface area contributed by atoms with E-state index in [0.717, 1.165) is 11.3 Å². The van der Waals surface area contributed by atoms with Crippen LogP contribution >= 0.6 is 0 Å². The van der Waals surface area contributed by atoms with Crippen molar-refractivity contribution < 1.29 is 14.3 Å². The standard InChI is InChI=1S/C10H10N2O3/c1-14-8-3-4-12-7(5-8)6-9(11-12)10(13)15-2/h3-6H,1-2H3. The Morgan fingerprint density at radius 1 is 1.40 bits per heavy atom. The molecule has 0 aromatic carbocycles. The summed E-state index contributed by atoms with van der Waals surface area (Å²) in [5.74, 6) is 0.275. The van der Waals surface area contributed by atoms with Crippen molar-refractivity contribution in [2.75, 3.05) is 14.2 Å². The summed E-state index contributed by atoms with van der Waals surface area (Å²) in [7, 11) is 2.91. The minimum Gasteiger partial charge on any atom is -0.497 e. The first kappa shape index (κ1) is 9.51. The number of esters is 1. The number of nitrogens with zero attached hydrogens (tertiary/aromatic N) is 2. The van der Waals surface area contributed by atoms with Gasteiger partial charge in [0.2, 0.25) is 0 Å². The summed E-state index contributed by atoms with van der Waals surface area (Å²) in [6.07, 6.45) is 1.72. The van der Waals surface area contributed by atoms with Crippen LogP contribution in [0.25, 0.3) is 5.52 Å². The lowest BCUT2D eigenvalue weighted by molar-refractivity contribution is 0.0593. The van der Waals surface area contributed by atoms with Crippen molar-refractivity contribution in [3.05, 3.63) is 30.1 Å². The Bertz CT molecular complexity index is 504. The van der Waals surface area contributed by atoms with Gasteiger partial charge in [-0.3, -0.25) is 0 Å². The molecule has 2 aromatic rings. The summed E-state index contributed by atoms with van der Waals surface area (Å²) in [5.41, 5.74) is 1.07. The molecule has 0 aliphatic heterocycles. The first-order chi connectivity index (χ1) is 7.24. The number of carbonyl (C=O) groups is 1. The molecule has 0 aliphatic carbocycles. The summed E-state index contributed by atoms with van der Waals surface area (Å²) in [4.78, 5) is 11.2. The Morgan fingerprint density at radius 3 is 2.87 bits per heavy atom. The Labute approximate surface area is 86.2 Å². The number of aromatic nitrogens is 2. The van der Waals surface area contributed by atoms with Crippen molar-refractivity contribution in [1.82, 2.24) is 9.61 Å². The topological polar surface area (TPSA) is 52.8 Å². The molecule has 0 saturated carbocycles. The predicted molar refractivity (Wildman–Crippen MR) is 53.1 cm³/mol. The lowest BCUT2D eigenvalue weighted by Crippen LogP contribution is -2.01. The van der Waals surface area contributed by atoms with Crippen LogP contribution < -0.4 is 4.74 Å². The third kappa shape index (κ3) is 1.63. The summed E-state index contributed by atoms with van der Waals surface area (Å²) in [6, 6.07) is 5.20. The van der Waals surface area contributed by atoms with Crippen molar-refractivity contribution in [3.8, 4) is 5.75 Å². The largest absolute Gasteiger partial charge is 0.497 e. The number of hydrogen-bond donors (Lipinski definition) is 0. The molecule has 0 fully saturated rings. The van der Waals surface area contributed by atoms with Crippen LogP contribution in [0.2, 0.25) is 0 Å². The van der Waals surface area contributed by atoms with E-state index < -0.39 is 5.97 Å². The average molecular weight is 206 g/mol. The smallest absolute Gasteiger partial charge is 0.358 e. The van der Waals surface area contributed by atoms with E-state index in [1.807, 2.05) is 0 Å². The van der Waals surface area contributed by atoms with E-state index in [1.165, 1.54) is 7.11 Å². The first-order valence-electron chi connectivity index (χ1n) is 4.36. The monoisotopic (exact) mass is 206 g/mol. The van der Waals surface area contributed by atoms with Crippen molar-refractivity contribution in [1.29, 1.82) is 0 Å². The highest BCUT2D eigenvalue weighted by molar-refractivity contribution is 5.88. The number of rotatable bonds is 2. The summed E-state index contributed by atoms with van der Waals surface area (Å²) >= 11 is 0. The second kappa shape index (κ2) is 3.61. The molecule has 78 valence electrons. The molecule has 0 spiro atoms. The molecule has 0 amide bonds. The van der Waals surface area contributed by atoms with Crippen LogP contribution in [-0.2, 0) is 4.74 Å². The van der Waals surface area contributed by atoms with Gasteiger partial charge in [0, 0.05) is 12.3 Å². The summed E-state index contributed by atoms with van der Waals surface area (Å²) in [5, 5.41) is 4.05. The van der Waals surface area contributed by atoms with Crippen LogP contribution in [0, 0.1) is 0 Å². The van der Waals surface area contributed by atoms with E-state index >= 15 is 0 Å². The number of methoxy groups -OCH3 is 2. The molecule has 0 unspecified atom stereocenters. The maximum atomic E-state index is 11.2. The predicted octanol–water partition coefficient (Wildman–Crippen LogP) is 1.13. The molecule has 5 heteroatoms. The van der Waals surface area contributed by atoms with Gasteiger partial charge in [0.25, 0.3) is 0 Å². The maximum absolute atomic E-state index is 11.2. The van der Waals surface area contributed by atoms with Crippen LogP contribution in [0.3, 0.4) is 0 Å². The van der Waals surface area contributed by atoms with Crippen LogP contribution in [0.15, 0.2) is 24.4 Å². The van der Waals surface area contributed by atoms with Gasteiger partial charge in [-0.25, -0.2) is 9.31 Å². The van der Waals surface area contributed by atoms with Gasteiger partial charge in [-0.05, 0) is 12.1 Å². The average Bonchev–Trinajstić information content (AvgIpc) is 2.70. The lowest BCUT2D eigenvalue weighted by Gasteiger charge is -1.98. The molecule has 5 nitrogen and oxygen atoms in total. The van der Waals surface area contributed by atoms with Gasteiger partial charge < -0.3 is 9.47 Å². The van der Waals surface area contributed by atoms with Crippen molar-refractivity contribution in [3.63, 3.8) is 0 Å². The number of pyridine rings is 1. The van der Waals surface area contributed by atoms with Gasteiger partial charge in [-0.1, -0.05) is 0 Å².